The van der Waals surface area contributed by atoms with E-state index in [0.717, 1.165) is 38.4 Å². The molecule has 6 nitrogen and oxygen atoms in total. The summed E-state index contributed by atoms with van der Waals surface area (Å²) in [5, 5.41) is 6.95. The summed E-state index contributed by atoms with van der Waals surface area (Å²) in [5.74, 6) is 2.33. The van der Waals surface area contributed by atoms with E-state index in [4.69, 9.17) is 4.52 Å². The summed E-state index contributed by atoms with van der Waals surface area (Å²) in [5.41, 5.74) is 0. The molecule has 1 saturated carbocycles. The molecule has 2 heterocycles. The number of aryl methyl sites for hydroxylation is 1. The molecule has 21 heavy (non-hydrogen) atoms. The van der Waals surface area contributed by atoms with E-state index in [0.29, 0.717) is 11.7 Å². The molecule has 0 bridgehead atoms. The van der Waals surface area contributed by atoms with Gasteiger partial charge < -0.3 is 9.84 Å². The number of likely N-dealkylation sites (tertiary alicyclic amines) is 1. The second kappa shape index (κ2) is 6.13. The first-order valence-electron chi connectivity index (χ1n) is 7.95. The molecule has 0 unspecified atom stereocenters. The molecule has 3 rings (SSSR count). The van der Waals surface area contributed by atoms with Crippen LogP contribution in [0, 0.1) is 18.8 Å². The fraction of sp³-hybridized carbons (Fsp3) is 0.800. The number of carbonyl (C=O) groups excluding carboxylic acids is 1. The molecule has 1 aromatic rings. The molecule has 1 amide bonds. The molecule has 2 atom stereocenters. The van der Waals surface area contributed by atoms with Crippen molar-refractivity contribution in [2.24, 2.45) is 11.8 Å². The van der Waals surface area contributed by atoms with E-state index in [9.17, 15) is 4.79 Å². The van der Waals surface area contributed by atoms with E-state index in [1.54, 1.807) is 0 Å². The number of rotatable bonds is 5. The minimum Gasteiger partial charge on any atom is -0.356 e. The fourth-order valence-corrected chi connectivity index (χ4v) is 2.92. The topological polar surface area (TPSA) is 71.3 Å². The van der Waals surface area contributed by atoms with Gasteiger partial charge in [-0.3, -0.25) is 9.69 Å². The van der Waals surface area contributed by atoms with E-state index < -0.39 is 0 Å². The minimum absolute atomic E-state index is 0.0743. The summed E-state index contributed by atoms with van der Waals surface area (Å²) in [4.78, 5) is 18.8. The Morgan fingerprint density at radius 1 is 1.48 bits per heavy atom. The summed E-state index contributed by atoms with van der Waals surface area (Å²) in [6.45, 7) is 6.50. The van der Waals surface area contributed by atoms with Crippen LogP contribution in [0.5, 0.6) is 0 Å². The molecular formula is C15H24N4O2. The van der Waals surface area contributed by atoms with Gasteiger partial charge in [0.15, 0.2) is 5.82 Å². The maximum absolute atomic E-state index is 12.2. The Bertz CT molecular complexity index is 498. The van der Waals surface area contributed by atoms with Crippen molar-refractivity contribution >= 4 is 5.91 Å². The van der Waals surface area contributed by atoms with Gasteiger partial charge in [0, 0.05) is 13.1 Å². The lowest BCUT2D eigenvalue weighted by Gasteiger charge is -2.34. The molecule has 1 saturated heterocycles. The number of hydrogen-bond donors (Lipinski definition) is 1. The third-order valence-corrected chi connectivity index (χ3v) is 4.53. The van der Waals surface area contributed by atoms with E-state index in [1.165, 1.54) is 12.8 Å². The van der Waals surface area contributed by atoms with Crippen LogP contribution >= 0.6 is 0 Å². The van der Waals surface area contributed by atoms with Crippen LogP contribution in [-0.2, 0) is 4.79 Å². The van der Waals surface area contributed by atoms with Crippen molar-refractivity contribution in [3.05, 3.63) is 11.7 Å². The summed E-state index contributed by atoms with van der Waals surface area (Å²) in [6.07, 6.45) is 4.55. The van der Waals surface area contributed by atoms with Gasteiger partial charge in [0.25, 0.3) is 0 Å². The number of carbonyl (C=O) groups is 1. The highest BCUT2D eigenvalue weighted by atomic mass is 16.5. The van der Waals surface area contributed by atoms with Crippen molar-refractivity contribution < 1.29 is 9.32 Å². The molecular weight excluding hydrogens is 268 g/mol. The first-order valence-corrected chi connectivity index (χ1v) is 7.95. The predicted octanol–water partition coefficient (Wildman–Crippen LogP) is 1.68. The number of amides is 1. The van der Waals surface area contributed by atoms with Gasteiger partial charge in [0.2, 0.25) is 11.8 Å². The monoisotopic (exact) mass is 292 g/mol. The van der Waals surface area contributed by atoms with Gasteiger partial charge in [-0.25, -0.2) is 0 Å². The molecule has 0 radical (unpaired) electrons. The van der Waals surface area contributed by atoms with E-state index in [2.05, 4.69) is 27.3 Å². The van der Waals surface area contributed by atoms with Crippen molar-refractivity contribution in [1.82, 2.24) is 20.4 Å². The molecule has 1 N–H and O–H groups in total. The van der Waals surface area contributed by atoms with Crippen LogP contribution in [-0.4, -0.2) is 40.6 Å². The third-order valence-electron chi connectivity index (χ3n) is 4.53. The van der Waals surface area contributed by atoms with Crippen LogP contribution in [0.4, 0.5) is 0 Å². The number of aromatic nitrogens is 2. The normalized spacial score (nSPS) is 24.8. The highest BCUT2D eigenvalue weighted by Gasteiger charge is 2.31. The number of nitrogens with zero attached hydrogens (tertiary/aromatic N) is 3. The zero-order valence-electron chi connectivity index (χ0n) is 12.8. The Kier molecular flexibility index (Phi) is 4.24. The highest BCUT2D eigenvalue weighted by Crippen LogP contribution is 2.28. The maximum Gasteiger partial charge on any atom is 0.243 e. The van der Waals surface area contributed by atoms with Gasteiger partial charge >= 0.3 is 0 Å². The first kappa shape index (κ1) is 14.5. The van der Waals surface area contributed by atoms with Crippen molar-refractivity contribution in [3.8, 4) is 0 Å². The largest absolute Gasteiger partial charge is 0.356 e. The lowest BCUT2D eigenvalue weighted by molar-refractivity contribution is -0.127. The van der Waals surface area contributed by atoms with Crippen molar-refractivity contribution in [1.29, 1.82) is 0 Å². The highest BCUT2D eigenvalue weighted by molar-refractivity contribution is 5.79. The molecule has 1 aliphatic heterocycles. The average molecular weight is 292 g/mol. The van der Waals surface area contributed by atoms with Crippen molar-refractivity contribution in [2.45, 2.75) is 45.6 Å². The van der Waals surface area contributed by atoms with Gasteiger partial charge in [0.05, 0.1) is 12.0 Å². The lowest BCUT2D eigenvalue weighted by atomic mass is 9.96. The Morgan fingerprint density at radius 2 is 2.29 bits per heavy atom. The zero-order chi connectivity index (χ0) is 14.8. The summed E-state index contributed by atoms with van der Waals surface area (Å²) >= 11 is 0. The van der Waals surface area contributed by atoms with Crippen LogP contribution in [0.25, 0.3) is 0 Å². The average Bonchev–Trinajstić information content (AvgIpc) is 3.24. The number of piperidine rings is 1. The molecule has 0 spiro atoms. The molecule has 0 aromatic carbocycles. The standard InChI is InChI=1S/C15H24N4O2/c1-10(15-17-11(2)18-21-15)19-7-3-4-13(9-19)14(20)16-8-12-5-6-12/h10,12-13H,3-9H2,1-2H3,(H,16,20)/t10-,13-/m1/s1. The van der Waals surface area contributed by atoms with E-state index in [-0.39, 0.29) is 17.9 Å². The Hall–Kier alpha value is -1.43. The summed E-state index contributed by atoms with van der Waals surface area (Å²) < 4.78 is 5.26. The molecule has 2 aliphatic rings. The Balaban J connectivity index is 1.55. The molecule has 6 heteroatoms. The zero-order valence-corrected chi connectivity index (χ0v) is 12.8. The smallest absolute Gasteiger partial charge is 0.243 e. The first-order chi connectivity index (χ1) is 10.1. The van der Waals surface area contributed by atoms with Crippen LogP contribution in [0.15, 0.2) is 4.52 Å². The second-order valence-corrected chi connectivity index (χ2v) is 6.38. The molecule has 1 aromatic heterocycles. The summed E-state index contributed by atoms with van der Waals surface area (Å²) in [7, 11) is 0. The predicted molar refractivity (Wildman–Crippen MR) is 77.5 cm³/mol. The van der Waals surface area contributed by atoms with E-state index in [1.807, 2.05) is 6.92 Å². The van der Waals surface area contributed by atoms with Crippen LogP contribution in [0.2, 0.25) is 0 Å². The van der Waals surface area contributed by atoms with Crippen molar-refractivity contribution in [2.75, 3.05) is 19.6 Å². The number of nitrogens with one attached hydrogen (secondary N) is 1. The van der Waals surface area contributed by atoms with Crippen molar-refractivity contribution in [3.63, 3.8) is 0 Å². The van der Waals surface area contributed by atoms with Crippen LogP contribution < -0.4 is 5.32 Å². The minimum atomic E-state index is 0.0743. The van der Waals surface area contributed by atoms with Gasteiger partial charge in [-0.2, -0.15) is 4.98 Å². The molecule has 2 fully saturated rings. The quantitative estimate of drug-likeness (QED) is 0.894. The van der Waals surface area contributed by atoms with E-state index >= 15 is 0 Å². The SMILES string of the molecule is Cc1noc([C@@H](C)N2CCC[C@@H](C(=O)NCC3CC3)C2)n1. The fourth-order valence-electron chi connectivity index (χ4n) is 2.92. The lowest BCUT2D eigenvalue weighted by Crippen LogP contribution is -2.44. The second-order valence-electron chi connectivity index (χ2n) is 6.38. The molecule has 116 valence electrons. The van der Waals surface area contributed by atoms with Crippen LogP contribution in [0.1, 0.15) is 50.4 Å². The Morgan fingerprint density at radius 3 is 2.95 bits per heavy atom. The summed E-state index contributed by atoms with van der Waals surface area (Å²) in [6, 6.07) is 0.0743. The van der Waals surface area contributed by atoms with Gasteiger partial charge in [0.1, 0.15) is 0 Å². The maximum atomic E-state index is 12.2. The Labute approximate surface area is 125 Å². The van der Waals surface area contributed by atoms with Gasteiger partial charge in [-0.05, 0) is 52.0 Å². The van der Waals surface area contributed by atoms with Gasteiger partial charge in [-0.1, -0.05) is 5.16 Å². The van der Waals surface area contributed by atoms with Crippen LogP contribution in [0.3, 0.4) is 0 Å². The van der Waals surface area contributed by atoms with Gasteiger partial charge in [-0.15, -0.1) is 0 Å². The number of hydrogen-bond acceptors (Lipinski definition) is 5. The third kappa shape index (κ3) is 3.61. The molecule has 1 aliphatic carbocycles.